The molecule has 0 saturated heterocycles. The molecule has 1 amide bonds. The van der Waals surface area contributed by atoms with Gasteiger partial charge in [0.1, 0.15) is 11.2 Å². The predicted molar refractivity (Wildman–Crippen MR) is 113 cm³/mol. The Morgan fingerprint density at radius 1 is 1.04 bits per heavy atom. The number of amides is 1. The Bertz CT molecular complexity index is 847. The van der Waals surface area contributed by atoms with Crippen molar-refractivity contribution in [3.05, 3.63) is 90.0 Å². The Labute approximate surface area is 167 Å². The van der Waals surface area contributed by atoms with Crippen molar-refractivity contribution in [2.45, 2.75) is 45.1 Å². The number of nitrogens with zero attached hydrogens (tertiary/aromatic N) is 2. The third-order valence-electron chi connectivity index (χ3n) is 5.74. The summed E-state index contributed by atoms with van der Waals surface area (Å²) in [5.74, 6) is 0.784. The van der Waals surface area contributed by atoms with E-state index in [4.69, 9.17) is 5.73 Å². The van der Waals surface area contributed by atoms with Gasteiger partial charge in [0.2, 0.25) is 5.91 Å². The van der Waals surface area contributed by atoms with Crippen LogP contribution in [0.15, 0.2) is 73.1 Å². The van der Waals surface area contributed by atoms with Gasteiger partial charge in [-0.15, -0.1) is 0 Å². The Hall–Kier alpha value is -2.88. The second kappa shape index (κ2) is 8.87. The highest BCUT2D eigenvalue weighted by atomic mass is 16.1. The molecule has 0 bridgehead atoms. The summed E-state index contributed by atoms with van der Waals surface area (Å²) >= 11 is 0. The molecule has 4 heteroatoms. The number of hydrogen-bond acceptors (Lipinski definition) is 2. The van der Waals surface area contributed by atoms with Crippen LogP contribution in [0.3, 0.4) is 0 Å². The Balaban J connectivity index is 2.11. The SMILES string of the molecule is CCCC(CCn1ccnc1C)C(C(N)=O)(c1ccccc1)c1ccccc1. The number of carbonyl (C=O) groups is 1. The van der Waals surface area contributed by atoms with Crippen LogP contribution in [0.4, 0.5) is 0 Å². The molecule has 1 atom stereocenters. The molecule has 2 N–H and O–H groups in total. The molecule has 0 aliphatic carbocycles. The van der Waals surface area contributed by atoms with Gasteiger partial charge < -0.3 is 10.3 Å². The van der Waals surface area contributed by atoms with Crippen LogP contribution in [0.1, 0.15) is 43.1 Å². The number of rotatable bonds is 9. The molecule has 0 aliphatic heterocycles. The molecule has 0 fully saturated rings. The van der Waals surface area contributed by atoms with Gasteiger partial charge >= 0.3 is 0 Å². The van der Waals surface area contributed by atoms with E-state index >= 15 is 0 Å². The summed E-state index contributed by atoms with van der Waals surface area (Å²) in [4.78, 5) is 17.5. The maximum atomic E-state index is 13.2. The molecule has 0 saturated carbocycles. The lowest BCUT2D eigenvalue weighted by Crippen LogP contribution is -2.48. The minimum absolute atomic E-state index is 0.0848. The Kier molecular flexibility index (Phi) is 6.30. The lowest BCUT2D eigenvalue weighted by atomic mass is 9.62. The van der Waals surface area contributed by atoms with Crippen molar-refractivity contribution < 1.29 is 4.79 Å². The molecule has 28 heavy (non-hydrogen) atoms. The summed E-state index contributed by atoms with van der Waals surface area (Å²) < 4.78 is 2.14. The van der Waals surface area contributed by atoms with Crippen LogP contribution in [0, 0.1) is 12.8 Å². The van der Waals surface area contributed by atoms with E-state index in [-0.39, 0.29) is 11.8 Å². The second-order valence-electron chi connectivity index (χ2n) is 7.35. The third kappa shape index (κ3) is 3.72. The van der Waals surface area contributed by atoms with Crippen LogP contribution >= 0.6 is 0 Å². The first-order valence-electron chi connectivity index (χ1n) is 9.99. The fraction of sp³-hybridized carbons (Fsp3) is 0.333. The molecule has 0 aliphatic rings. The van der Waals surface area contributed by atoms with E-state index in [0.29, 0.717) is 0 Å². The molecule has 146 valence electrons. The van der Waals surface area contributed by atoms with Crippen LogP contribution in [0.5, 0.6) is 0 Å². The summed E-state index contributed by atoms with van der Waals surface area (Å²) in [6, 6.07) is 20.0. The van der Waals surface area contributed by atoms with Gasteiger partial charge in [-0.3, -0.25) is 4.79 Å². The highest BCUT2D eigenvalue weighted by Crippen LogP contribution is 2.43. The minimum Gasteiger partial charge on any atom is -0.369 e. The molecule has 3 aromatic rings. The molecule has 1 aromatic heterocycles. The van der Waals surface area contributed by atoms with E-state index in [9.17, 15) is 4.79 Å². The highest BCUT2D eigenvalue weighted by molar-refractivity contribution is 5.91. The van der Waals surface area contributed by atoms with Crippen molar-refractivity contribution in [2.24, 2.45) is 11.7 Å². The quantitative estimate of drug-likeness (QED) is 0.600. The van der Waals surface area contributed by atoms with E-state index in [0.717, 1.165) is 42.8 Å². The van der Waals surface area contributed by atoms with Gasteiger partial charge in [0.25, 0.3) is 0 Å². The normalized spacial score (nSPS) is 12.6. The van der Waals surface area contributed by atoms with E-state index < -0.39 is 5.41 Å². The standard InChI is InChI=1S/C24H29N3O/c1-3-10-20(15-17-27-18-16-26-19(27)2)24(23(25)28,21-11-6-4-7-12-21)22-13-8-5-9-14-22/h4-9,11-14,16,18,20H,3,10,15,17H2,1-2H3,(H2,25,28). The van der Waals surface area contributed by atoms with E-state index in [1.165, 1.54) is 0 Å². The van der Waals surface area contributed by atoms with Gasteiger partial charge in [-0.25, -0.2) is 4.98 Å². The fourth-order valence-corrected chi connectivity index (χ4v) is 4.39. The maximum Gasteiger partial charge on any atom is 0.232 e. The van der Waals surface area contributed by atoms with Crippen molar-refractivity contribution in [1.29, 1.82) is 0 Å². The zero-order valence-corrected chi connectivity index (χ0v) is 16.7. The number of aromatic nitrogens is 2. The number of nitrogens with two attached hydrogens (primary N) is 1. The van der Waals surface area contributed by atoms with Crippen LogP contribution < -0.4 is 5.73 Å². The fourth-order valence-electron chi connectivity index (χ4n) is 4.39. The number of carbonyl (C=O) groups excluding carboxylic acids is 1. The predicted octanol–water partition coefficient (Wildman–Crippen LogP) is 4.47. The lowest BCUT2D eigenvalue weighted by molar-refractivity contribution is -0.124. The molecule has 2 aromatic carbocycles. The number of aryl methyl sites for hydroxylation is 2. The number of hydrogen-bond donors (Lipinski definition) is 1. The molecular weight excluding hydrogens is 346 g/mol. The van der Waals surface area contributed by atoms with Crippen molar-refractivity contribution in [2.75, 3.05) is 0 Å². The zero-order valence-electron chi connectivity index (χ0n) is 16.7. The van der Waals surface area contributed by atoms with E-state index in [2.05, 4.69) is 16.5 Å². The van der Waals surface area contributed by atoms with Crippen molar-refractivity contribution in [3.63, 3.8) is 0 Å². The van der Waals surface area contributed by atoms with Gasteiger partial charge in [-0.2, -0.15) is 0 Å². The van der Waals surface area contributed by atoms with Gasteiger partial charge in [-0.1, -0.05) is 74.0 Å². The Morgan fingerprint density at radius 2 is 1.61 bits per heavy atom. The van der Waals surface area contributed by atoms with Crippen molar-refractivity contribution >= 4 is 5.91 Å². The van der Waals surface area contributed by atoms with Crippen molar-refractivity contribution in [1.82, 2.24) is 9.55 Å². The van der Waals surface area contributed by atoms with Crippen LogP contribution in [0.25, 0.3) is 0 Å². The Morgan fingerprint density at radius 3 is 2.04 bits per heavy atom. The smallest absolute Gasteiger partial charge is 0.232 e. The lowest BCUT2D eigenvalue weighted by Gasteiger charge is -2.40. The molecule has 0 radical (unpaired) electrons. The molecule has 0 spiro atoms. The second-order valence-corrected chi connectivity index (χ2v) is 7.35. The average Bonchev–Trinajstić information content (AvgIpc) is 3.13. The zero-order chi connectivity index (χ0) is 20.0. The summed E-state index contributed by atoms with van der Waals surface area (Å²) in [6.45, 7) is 4.98. The highest BCUT2D eigenvalue weighted by Gasteiger charge is 2.46. The first kappa shape index (κ1) is 19.9. The topological polar surface area (TPSA) is 60.9 Å². The monoisotopic (exact) mass is 375 g/mol. The number of benzene rings is 2. The molecule has 1 unspecified atom stereocenters. The summed E-state index contributed by atoms with van der Waals surface area (Å²) in [6.07, 6.45) is 6.57. The summed E-state index contributed by atoms with van der Waals surface area (Å²) in [5, 5.41) is 0. The molecule has 3 rings (SSSR count). The van der Waals surface area contributed by atoms with Gasteiger partial charge in [0.05, 0.1) is 0 Å². The van der Waals surface area contributed by atoms with Crippen LogP contribution in [-0.2, 0) is 16.8 Å². The van der Waals surface area contributed by atoms with Crippen LogP contribution in [0.2, 0.25) is 0 Å². The van der Waals surface area contributed by atoms with E-state index in [1.807, 2.05) is 80.0 Å². The minimum atomic E-state index is -0.854. The van der Waals surface area contributed by atoms with Gasteiger partial charge in [-0.05, 0) is 36.8 Å². The summed E-state index contributed by atoms with van der Waals surface area (Å²) in [5.41, 5.74) is 7.27. The molecular formula is C24H29N3O. The maximum absolute atomic E-state index is 13.2. The number of imidazole rings is 1. The number of primary amides is 1. The largest absolute Gasteiger partial charge is 0.369 e. The summed E-state index contributed by atoms with van der Waals surface area (Å²) in [7, 11) is 0. The van der Waals surface area contributed by atoms with E-state index in [1.54, 1.807) is 0 Å². The first-order chi connectivity index (χ1) is 13.6. The van der Waals surface area contributed by atoms with Crippen LogP contribution in [-0.4, -0.2) is 15.5 Å². The van der Waals surface area contributed by atoms with Gasteiger partial charge in [0.15, 0.2) is 0 Å². The third-order valence-corrected chi connectivity index (χ3v) is 5.74. The van der Waals surface area contributed by atoms with Crippen molar-refractivity contribution in [3.8, 4) is 0 Å². The molecule has 1 heterocycles. The van der Waals surface area contributed by atoms with Gasteiger partial charge in [0, 0.05) is 18.9 Å². The average molecular weight is 376 g/mol. The molecule has 4 nitrogen and oxygen atoms in total. The first-order valence-corrected chi connectivity index (χ1v) is 9.99.